The van der Waals surface area contributed by atoms with E-state index in [1.165, 1.54) is 11.2 Å². The van der Waals surface area contributed by atoms with Crippen molar-refractivity contribution in [3.05, 3.63) is 70.4 Å². The number of carbonyl (C=O) groups is 1. The Morgan fingerprint density at radius 3 is 2.81 bits per heavy atom. The summed E-state index contributed by atoms with van der Waals surface area (Å²) < 4.78 is 1.79. The average molecular weight is 367 g/mol. The lowest BCUT2D eigenvalue weighted by Crippen LogP contribution is -2.38. The Morgan fingerprint density at radius 1 is 1.23 bits per heavy atom. The van der Waals surface area contributed by atoms with Gasteiger partial charge in [-0.3, -0.25) is 0 Å². The minimum Gasteiger partial charge on any atom is -0.334 e. The molecule has 1 unspecified atom stereocenters. The van der Waals surface area contributed by atoms with Crippen LogP contribution < -0.4 is 5.32 Å². The highest BCUT2D eigenvalue weighted by molar-refractivity contribution is 7.10. The van der Waals surface area contributed by atoms with Crippen LogP contribution in [-0.2, 0) is 13.1 Å². The second kappa shape index (κ2) is 7.70. The van der Waals surface area contributed by atoms with E-state index in [0.717, 1.165) is 30.5 Å². The molecule has 0 radical (unpaired) electrons. The van der Waals surface area contributed by atoms with Gasteiger partial charge in [0.05, 0.1) is 12.6 Å². The average Bonchev–Trinajstić information content (AvgIpc) is 3.41. The molecule has 6 nitrogen and oxygen atoms in total. The van der Waals surface area contributed by atoms with E-state index < -0.39 is 0 Å². The molecule has 2 aromatic heterocycles. The van der Waals surface area contributed by atoms with Gasteiger partial charge in [0.15, 0.2) is 0 Å². The van der Waals surface area contributed by atoms with Crippen LogP contribution in [0.2, 0.25) is 0 Å². The lowest BCUT2D eigenvalue weighted by Gasteiger charge is -2.24. The van der Waals surface area contributed by atoms with Gasteiger partial charge in [-0.1, -0.05) is 30.3 Å². The van der Waals surface area contributed by atoms with E-state index in [9.17, 15) is 4.79 Å². The Bertz CT molecular complexity index is 829. The smallest absolute Gasteiger partial charge is 0.318 e. The summed E-state index contributed by atoms with van der Waals surface area (Å²) >= 11 is 1.73. The number of thiophene rings is 1. The third-order valence-electron chi connectivity index (χ3n) is 4.66. The second-order valence-corrected chi connectivity index (χ2v) is 7.41. The molecule has 0 bridgehead atoms. The van der Waals surface area contributed by atoms with Crippen molar-refractivity contribution < 1.29 is 4.79 Å². The van der Waals surface area contributed by atoms with Crippen LogP contribution in [0.25, 0.3) is 0 Å². The lowest BCUT2D eigenvalue weighted by atomic mass is 10.1. The minimum atomic E-state index is 0.0209. The number of aromatic nitrogens is 3. The molecule has 1 aliphatic heterocycles. The first-order valence-electron chi connectivity index (χ1n) is 8.78. The molecule has 0 aliphatic carbocycles. The maximum absolute atomic E-state index is 12.6. The molecule has 1 aromatic carbocycles. The monoisotopic (exact) mass is 367 g/mol. The zero-order chi connectivity index (χ0) is 17.8. The topological polar surface area (TPSA) is 63.1 Å². The summed E-state index contributed by atoms with van der Waals surface area (Å²) in [6, 6.07) is 12.6. The number of urea groups is 1. The van der Waals surface area contributed by atoms with Crippen molar-refractivity contribution in [3.8, 4) is 0 Å². The molecule has 7 heteroatoms. The third-order valence-corrected chi connectivity index (χ3v) is 5.64. The lowest BCUT2D eigenvalue weighted by molar-refractivity contribution is 0.193. The molecule has 134 valence electrons. The van der Waals surface area contributed by atoms with E-state index in [1.807, 2.05) is 17.0 Å². The summed E-state index contributed by atoms with van der Waals surface area (Å²) in [5, 5.41) is 9.25. The first-order chi connectivity index (χ1) is 12.8. The number of benzene rings is 1. The number of hydrogen-bond acceptors (Lipinski definition) is 4. The van der Waals surface area contributed by atoms with Gasteiger partial charge in [0.1, 0.15) is 12.7 Å². The Morgan fingerprint density at radius 2 is 2.08 bits per heavy atom. The molecule has 1 N–H and O–H groups in total. The summed E-state index contributed by atoms with van der Waals surface area (Å²) in [4.78, 5) is 19.8. The summed E-state index contributed by atoms with van der Waals surface area (Å²) in [5.41, 5.74) is 2.25. The van der Waals surface area contributed by atoms with E-state index >= 15 is 0 Å². The maximum Gasteiger partial charge on any atom is 0.318 e. The predicted octanol–water partition coefficient (Wildman–Crippen LogP) is 3.43. The molecule has 2 amide bonds. The Balaban J connectivity index is 1.32. The molecule has 1 saturated heterocycles. The number of amides is 2. The molecule has 4 rings (SSSR count). The van der Waals surface area contributed by atoms with Crippen LogP contribution >= 0.6 is 11.3 Å². The second-order valence-electron chi connectivity index (χ2n) is 6.44. The first kappa shape index (κ1) is 16.8. The largest absolute Gasteiger partial charge is 0.334 e. The Labute approximate surface area is 156 Å². The molecule has 3 heterocycles. The number of nitrogens with zero attached hydrogens (tertiary/aromatic N) is 4. The number of nitrogens with one attached hydrogen (secondary N) is 1. The van der Waals surface area contributed by atoms with E-state index in [2.05, 4.69) is 45.0 Å². The fraction of sp³-hybridized carbons (Fsp3) is 0.316. The standard InChI is InChI=1S/C19H21N5OS/c25-19(24-9-1-3-17(24)18-4-2-10-26-18)21-11-15-5-7-16(8-6-15)12-23-14-20-13-22-23/h2,4-8,10,13-14,17H,1,3,9,11-12H2,(H,21,25). The third kappa shape index (κ3) is 3.77. The quantitative estimate of drug-likeness (QED) is 0.751. The van der Waals surface area contributed by atoms with Crippen LogP contribution in [0.3, 0.4) is 0 Å². The van der Waals surface area contributed by atoms with E-state index in [1.54, 1.807) is 22.3 Å². The number of hydrogen-bond donors (Lipinski definition) is 1. The molecule has 3 aromatic rings. The Kier molecular flexibility index (Phi) is 4.97. The van der Waals surface area contributed by atoms with Gasteiger partial charge in [-0.25, -0.2) is 14.5 Å². The normalized spacial score (nSPS) is 16.8. The summed E-state index contributed by atoms with van der Waals surface area (Å²) in [6.45, 7) is 2.06. The Hall–Kier alpha value is -2.67. The van der Waals surface area contributed by atoms with Crippen LogP contribution in [0.5, 0.6) is 0 Å². The van der Waals surface area contributed by atoms with Gasteiger partial charge in [0, 0.05) is 18.0 Å². The fourth-order valence-electron chi connectivity index (χ4n) is 3.33. The molecule has 0 spiro atoms. The predicted molar refractivity (Wildman–Crippen MR) is 101 cm³/mol. The van der Waals surface area contributed by atoms with Crippen molar-refractivity contribution in [2.24, 2.45) is 0 Å². The van der Waals surface area contributed by atoms with Crippen molar-refractivity contribution in [1.29, 1.82) is 0 Å². The fourth-order valence-corrected chi connectivity index (χ4v) is 4.20. The van der Waals surface area contributed by atoms with Gasteiger partial charge in [0.2, 0.25) is 0 Å². The van der Waals surface area contributed by atoms with Crippen molar-refractivity contribution in [1.82, 2.24) is 25.0 Å². The van der Waals surface area contributed by atoms with Gasteiger partial charge < -0.3 is 10.2 Å². The van der Waals surface area contributed by atoms with Crippen LogP contribution in [0, 0.1) is 0 Å². The highest BCUT2D eigenvalue weighted by atomic mass is 32.1. The molecular weight excluding hydrogens is 346 g/mol. The number of likely N-dealkylation sites (tertiary alicyclic amines) is 1. The minimum absolute atomic E-state index is 0.0209. The van der Waals surface area contributed by atoms with Gasteiger partial charge in [-0.05, 0) is 35.4 Å². The summed E-state index contributed by atoms with van der Waals surface area (Å²) in [7, 11) is 0. The maximum atomic E-state index is 12.6. The van der Waals surface area contributed by atoms with Gasteiger partial charge in [-0.2, -0.15) is 5.10 Å². The highest BCUT2D eigenvalue weighted by Crippen LogP contribution is 2.34. The van der Waals surface area contributed by atoms with Crippen LogP contribution in [-0.4, -0.2) is 32.2 Å². The van der Waals surface area contributed by atoms with Crippen molar-refractivity contribution in [2.75, 3.05) is 6.54 Å². The van der Waals surface area contributed by atoms with E-state index in [0.29, 0.717) is 13.1 Å². The molecule has 0 saturated carbocycles. The number of rotatable bonds is 5. The van der Waals surface area contributed by atoms with Crippen molar-refractivity contribution >= 4 is 17.4 Å². The molecule has 1 aliphatic rings. The van der Waals surface area contributed by atoms with Crippen LogP contribution in [0.4, 0.5) is 4.79 Å². The summed E-state index contributed by atoms with van der Waals surface area (Å²) in [6.07, 6.45) is 5.35. The number of carbonyl (C=O) groups excluding carboxylic acids is 1. The molecule has 1 atom stereocenters. The SMILES string of the molecule is O=C(NCc1ccc(Cn2cncn2)cc1)N1CCCC1c1cccs1. The summed E-state index contributed by atoms with van der Waals surface area (Å²) in [5.74, 6) is 0. The first-order valence-corrected chi connectivity index (χ1v) is 9.65. The van der Waals surface area contributed by atoms with Gasteiger partial charge >= 0.3 is 6.03 Å². The molecule has 1 fully saturated rings. The van der Waals surface area contributed by atoms with Crippen molar-refractivity contribution in [2.45, 2.75) is 32.0 Å². The zero-order valence-corrected chi connectivity index (χ0v) is 15.2. The molecule has 26 heavy (non-hydrogen) atoms. The van der Waals surface area contributed by atoms with Crippen LogP contribution in [0.1, 0.15) is 34.9 Å². The van der Waals surface area contributed by atoms with Gasteiger partial charge in [0.25, 0.3) is 0 Å². The van der Waals surface area contributed by atoms with Crippen LogP contribution in [0.15, 0.2) is 54.4 Å². The van der Waals surface area contributed by atoms with Crippen molar-refractivity contribution in [3.63, 3.8) is 0 Å². The van der Waals surface area contributed by atoms with E-state index in [4.69, 9.17) is 0 Å². The molecular formula is C19H21N5OS. The van der Waals surface area contributed by atoms with E-state index in [-0.39, 0.29) is 12.1 Å². The zero-order valence-electron chi connectivity index (χ0n) is 14.4. The van der Waals surface area contributed by atoms with Gasteiger partial charge in [-0.15, -0.1) is 11.3 Å². The highest BCUT2D eigenvalue weighted by Gasteiger charge is 2.30.